The zero-order valence-electron chi connectivity index (χ0n) is 11.4. The van der Waals surface area contributed by atoms with Gasteiger partial charge in [-0.25, -0.2) is 9.97 Å². The van der Waals surface area contributed by atoms with Crippen LogP contribution in [-0.4, -0.2) is 19.5 Å². The van der Waals surface area contributed by atoms with E-state index in [0.29, 0.717) is 6.54 Å². The second-order valence-corrected chi connectivity index (χ2v) is 5.48. The van der Waals surface area contributed by atoms with Crippen molar-refractivity contribution in [2.45, 2.75) is 25.8 Å². The van der Waals surface area contributed by atoms with Crippen LogP contribution >= 0.6 is 11.6 Å². The minimum absolute atomic E-state index is 0.161. The molecule has 0 N–H and O–H groups in total. The Bertz CT molecular complexity index is 748. The fourth-order valence-electron chi connectivity index (χ4n) is 2.29. The van der Waals surface area contributed by atoms with Gasteiger partial charge in [-0.1, -0.05) is 0 Å². The zero-order valence-corrected chi connectivity index (χ0v) is 12.2. The van der Waals surface area contributed by atoms with E-state index in [1.807, 2.05) is 31.3 Å². The summed E-state index contributed by atoms with van der Waals surface area (Å²) in [4.78, 5) is 13.2. The second kappa shape index (κ2) is 5.21. The molecule has 0 aliphatic carbocycles. The van der Waals surface area contributed by atoms with Gasteiger partial charge in [-0.05, 0) is 43.2 Å². The third-order valence-corrected chi connectivity index (χ3v) is 3.55. The Labute approximate surface area is 122 Å². The molecule has 5 heteroatoms. The molecule has 0 aliphatic rings. The van der Waals surface area contributed by atoms with Crippen LogP contribution in [0.1, 0.15) is 29.3 Å². The fraction of sp³-hybridized carbons (Fsp3) is 0.267. The first kappa shape index (κ1) is 13.1. The van der Waals surface area contributed by atoms with E-state index in [1.165, 1.54) is 5.56 Å². The van der Waals surface area contributed by atoms with Gasteiger partial charge in [0.25, 0.3) is 0 Å². The lowest BCUT2D eigenvalue weighted by Crippen LogP contribution is -2.07. The molecule has 0 spiro atoms. The van der Waals surface area contributed by atoms with Crippen molar-refractivity contribution in [1.82, 2.24) is 19.5 Å². The summed E-state index contributed by atoms with van der Waals surface area (Å²) in [5.41, 5.74) is 4.09. The number of nitrogens with zero attached hydrogens (tertiary/aromatic N) is 4. The lowest BCUT2D eigenvalue weighted by Gasteiger charge is -2.11. The van der Waals surface area contributed by atoms with E-state index in [1.54, 1.807) is 12.4 Å². The van der Waals surface area contributed by atoms with Crippen LogP contribution in [0.25, 0.3) is 11.2 Å². The average Bonchev–Trinajstić information content (AvgIpc) is 2.81. The molecule has 0 aliphatic heterocycles. The maximum absolute atomic E-state index is 6.26. The first-order valence-corrected chi connectivity index (χ1v) is 6.95. The van der Waals surface area contributed by atoms with Crippen LogP contribution in [0.15, 0.2) is 36.8 Å². The van der Waals surface area contributed by atoms with Crippen molar-refractivity contribution in [3.63, 3.8) is 0 Å². The summed E-state index contributed by atoms with van der Waals surface area (Å²) in [5.74, 6) is 0.844. The smallest absolute Gasteiger partial charge is 0.160 e. The molecule has 0 aromatic carbocycles. The van der Waals surface area contributed by atoms with Gasteiger partial charge in [0.05, 0.1) is 11.9 Å². The summed E-state index contributed by atoms with van der Waals surface area (Å²) in [6.45, 7) is 4.69. The molecule has 0 saturated carbocycles. The highest BCUT2D eigenvalue weighted by atomic mass is 35.5. The highest BCUT2D eigenvalue weighted by Gasteiger charge is 2.16. The molecule has 3 heterocycles. The first-order chi connectivity index (χ1) is 9.66. The highest BCUT2D eigenvalue weighted by molar-refractivity contribution is 6.20. The van der Waals surface area contributed by atoms with Crippen LogP contribution in [0, 0.1) is 6.92 Å². The topological polar surface area (TPSA) is 43.6 Å². The minimum atomic E-state index is -0.161. The normalized spacial score (nSPS) is 12.8. The Morgan fingerprint density at radius 1 is 1.30 bits per heavy atom. The number of hydrogen-bond acceptors (Lipinski definition) is 3. The SMILES string of the molecule is Cc1cnccc1Cn1c(C(C)Cl)nc2cccnc21. The van der Waals surface area contributed by atoms with Crippen molar-refractivity contribution < 1.29 is 0 Å². The summed E-state index contributed by atoms with van der Waals surface area (Å²) >= 11 is 6.26. The summed E-state index contributed by atoms with van der Waals surface area (Å²) in [6.07, 6.45) is 5.45. The molecule has 0 bridgehead atoms. The number of hydrogen-bond donors (Lipinski definition) is 0. The van der Waals surface area contributed by atoms with Crippen LogP contribution in [0.5, 0.6) is 0 Å². The molecule has 3 aromatic heterocycles. The molecule has 4 nitrogen and oxygen atoms in total. The lowest BCUT2D eigenvalue weighted by atomic mass is 10.1. The molecular weight excluding hydrogens is 272 g/mol. The van der Waals surface area contributed by atoms with Gasteiger partial charge in [0.15, 0.2) is 5.65 Å². The Morgan fingerprint density at radius 3 is 2.90 bits per heavy atom. The van der Waals surface area contributed by atoms with E-state index >= 15 is 0 Å². The van der Waals surface area contributed by atoms with E-state index in [4.69, 9.17) is 11.6 Å². The van der Waals surface area contributed by atoms with Gasteiger partial charge < -0.3 is 4.57 Å². The molecular formula is C15H15ClN4. The molecule has 3 rings (SSSR count). The maximum atomic E-state index is 6.26. The summed E-state index contributed by atoms with van der Waals surface area (Å²) in [7, 11) is 0. The monoisotopic (exact) mass is 286 g/mol. The lowest BCUT2D eigenvalue weighted by molar-refractivity contribution is 0.732. The predicted molar refractivity (Wildman–Crippen MR) is 79.9 cm³/mol. The van der Waals surface area contributed by atoms with E-state index in [0.717, 1.165) is 22.6 Å². The molecule has 0 amide bonds. The fourth-order valence-corrected chi connectivity index (χ4v) is 2.45. The van der Waals surface area contributed by atoms with Gasteiger partial charge in [-0.2, -0.15) is 0 Å². The number of fused-ring (bicyclic) bond motifs is 1. The molecule has 0 radical (unpaired) electrons. The Hall–Kier alpha value is -1.94. The molecule has 20 heavy (non-hydrogen) atoms. The number of alkyl halides is 1. The van der Waals surface area contributed by atoms with Crippen LogP contribution in [0.3, 0.4) is 0 Å². The van der Waals surface area contributed by atoms with E-state index in [-0.39, 0.29) is 5.38 Å². The Morgan fingerprint density at radius 2 is 2.15 bits per heavy atom. The van der Waals surface area contributed by atoms with Gasteiger partial charge >= 0.3 is 0 Å². The quantitative estimate of drug-likeness (QED) is 0.692. The molecule has 0 saturated heterocycles. The van der Waals surface area contributed by atoms with Crippen molar-refractivity contribution in [2.75, 3.05) is 0 Å². The standard InChI is InChI=1S/C15H15ClN4/c1-10-8-17-7-5-12(10)9-20-14(11(2)16)19-13-4-3-6-18-15(13)20/h3-8,11H,9H2,1-2H3. The molecule has 102 valence electrons. The Balaban J connectivity index is 2.14. The van der Waals surface area contributed by atoms with E-state index in [2.05, 4.69) is 26.4 Å². The molecule has 0 fully saturated rings. The second-order valence-electron chi connectivity index (χ2n) is 4.82. The largest absolute Gasteiger partial charge is 0.307 e. The number of aryl methyl sites for hydroxylation is 1. The number of halogens is 1. The minimum Gasteiger partial charge on any atom is -0.307 e. The number of pyridine rings is 2. The molecule has 1 unspecified atom stereocenters. The number of aromatic nitrogens is 4. The van der Waals surface area contributed by atoms with Crippen molar-refractivity contribution >= 4 is 22.8 Å². The van der Waals surface area contributed by atoms with Gasteiger partial charge in [-0.15, -0.1) is 11.6 Å². The molecule has 3 aromatic rings. The van der Waals surface area contributed by atoms with Crippen LogP contribution in [-0.2, 0) is 6.54 Å². The first-order valence-electron chi connectivity index (χ1n) is 6.51. The predicted octanol–water partition coefficient (Wildman–Crippen LogP) is 3.48. The number of imidazole rings is 1. The third-order valence-electron chi connectivity index (χ3n) is 3.35. The highest BCUT2D eigenvalue weighted by Crippen LogP contribution is 2.24. The summed E-state index contributed by atoms with van der Waals surface area (Å²) in [5, 5.41) is -0.161. The summed E-state index contributed by atoms with van der Waals surface area (Å²) < 4.78 is 2.08. The van der Waals surface area contributed by atoms with Crippen LogP contribution in [0.2, 0.25) is 0 Å². The van der Waals surface area contributed by atoms with Crippen LogP contribution in [0.4, 0.5) is 0 Å². The zero-order chi connectivity index (χ0) is 14.1. The van der Waals surface area contributed by atoms with Gasteiger partial charge in [-0.3, -0.25) is 4.98 Å². The summed E-state index contributed by atoms with van der Waals surface area (Å²) in [6, 6.07) is 5.87. The van der Waals surface area contributed by atoms with Crippen molar-refractivity contribution in [1.29, 1.82) is 0 Å². The van der Waals surface area contributed by atoms with Crippen LogP contribution < -0.4 is 0 Å². The van der Waals surface area contributed by atoms with Crippen molar-refractivity contribution in [3.05, 3.63) is 53.7 Å². The third kappa shape index (κ3) is 2.27. The number of rotatable bonds is 3. The maximum Gasteiger partial charge on any atom is 0.160 e. The van der Waals surface area contributed by atoms with Crippen molar-refractivity contribution in [3.8, 4) is 0 Å². The van der Waals surface area contributed by atoms with Gasteiger partial charge in [0, 0.05) is 18.6 Å². The van der Waals surface area contributed by atoms with Crippen molar-refractivity contribution in [2.24, 2.45) is 0 Å². The average molecular weight is 287 g/mol. The van der Waals surface area contributed by atoms with Gasteiger partial charge in [0.2, 0.25) is 0 Å². The van der Waals surface area contributed by atoms with E-state index < -0.39 is 0 Å². The van der Waals surface area contributed by atoms with Gasteiger partial charge in [0.1, 0.15) is 11.3 Å². The van der Waals surface area contributed by atoms with E-state index in [9.17, 15) is 0 Å². The Kier molecular flexibility index (Phi) is 3.40. The molecule has 1 atom stereocenters.